The van der Waals surface area contributed by atoms with Gasteiger partial charge in [-0.05, 0) is 36.2 Å². The number of rotatable bonds is 5. The second-order valence-electron chi connectivity index (χ2n) is 5.48. The van der Waals surface area contributed by atoms with Crippen molar-refractivity contribution in [3.8, 4) is 0 Å². The second-order valence-corrected chi connectivity index (χ2v) is 9.48. The quantitative estimate of drug-likeness (QED) is 0.893. The zero-order valence-electron chi connectivity index (χ0n) is 13.2. The van der Waals surface area contributed by atoms with E-state index in [-0.39, 0.29) is 9.79 Å². The summed E-state index contributed by atoms with van der Waals surface area (Å²) < 4.78 is 47.2. The van der Waals surface area contributed by atoms with Crippen molar-refractivity contribution in [2.45, 2.75) is 23.3 Å². The molecule has 0 heterocycles. The lowest BCUT2D eigenvalue weighted by molar-refractivity contribution is 0.600. The Labute approximate surface area is 137 Å². The van der Waals surface area contributed by atoms with E-state index in [4.69, 9.17) is 0 Å². The fourth-order valence-electron chi connectivity index (χ4n) is 2.19. The van der Waals surface area contributed by atoms with Crippen LogP contribution < -0.4 is 5.32 Å². The number of hydrogen-bond acceptors (Lipinski definition) is 5. The number of nitrogens with one attached hydrogen (secondary N) is 1. The fourth-order valence-corrected chi connectivity index (χ4v) is 3.79. The van der Waals surface area contributed by atoms with E-state index in [1.807, 2.05) is 31.2 Å². The maximum Gasteiger partial charge on any atom is 0.177 e. The molecule has 0 aliphatic carbocycles. The summed E-state index contributed by atoms with van der Waals surface area (Å²) in [6.07, 6.45) is 2.11. The van der Waals surface area contributed by atoms with Crippen LogP contribution in [0.5, 0.6) is 0 Å². The van der Waals surface area contributed by atoms with Crippen LogP contribution in [0.3, 0.4) is 0 Å². The van der Waals surface area contributed by atoms with Crippen LogP contribution in [0.15, 0.2) is 52.3 Å². The summed E-state index contributed by atoms with van der Waals surface area (Å²) in [5.41, 5.74) is 2.52. The first-order chi connectivity index (χ1) is 10.6. The number of anilines is 1. The fraction of sp³-hybridized carbons (Fsp3) is 0.250. The Morgan fingerprint density at radius 3 is 2.13 bits per heavy atom. The number of benzene rings is 2. The van der Waals surface area contributed by atoms with Gasteiger partial charge < -0.3 is 5.32 Å². The minimum atomic E-state index is -3.56. The van der Waals surface area contributed by atoms with Gasteiger partial charge in [0.2, 0.25) is 0 Å². The molecule has 0 aromatic heterocycles. The first-order valence-electron chi connectivity index (χ1n) is 6.91. The zero-order valence-corrected chi connectivity index (χ0v) is 14.8. The summed E-state index contributed by atoms with van der Waals surface area (Å²) in [6.45, 7) is 2.43. The molecule has 0 radical (unpaired) electrons. The summed E-state index contributed by atoms with van der Waals surface area (Å²) >= 11 is 0. The lowest BCUT2D eigenvalue weighted by Gasteiger charge is -2.13. The topological polar surface area (TPSA) is 80.3 Å². The Kier molecular flexibility index (Phi) is 4.81. The van der Waals surface area contributed by atoms with Crippen LogP contribution in [0.1, 0.15) is 11.1 Å². The normalized spacial score (nSPS) is 12.1. The van der Waals surface area contributed by atoms with Gasteiger partial charge in [-0.15, -0.1) is 0 Å². The first kappa shape index (κ1) is 17.5. The molecule has 23 heavy (non-hydrogen) atoms. The van der Waals surface area contributed by atoms with Crippen LogP contribution in [-0.2, 0) is 26.2 Å². The highest BCUT2D eigenvalue weighted by Crippen LogP contribution is 2.25. The van der Waals surface area contributed by atoms with E-state index in [9.17, 15) is 16.8 Å². The van der Waals surface area contributed by atoms with E-state index in [1.165, 1.54) is 18.2 Å². The molecular weight excluding hydrogens is 334 g/mol. The monoisotopic (exact) mass is 353 g/mol. The van der Waals surface area contributed by atoms with Crippen LogP contribution in [-0.4, -0.2) is 29.3 Å². The van der Waals surface area contributed by atoms with E-state index in [1.54, 1.807) is 0 Å². The second kappa shape index (κ2) is 6.33. The molecule has 0 bridgehead atoms. The summed E-state index contributed by atoms with van der Waals surface area (Å²) in [5, 5.41) is 3.08. The molecule has 1 N–H and O–H groups in total. The maximum atomic E-state index is 12.0. The number of hydrogen-bond donors (Lipinski definition) is 1. The van der Waals surface area contributed by atoms with Crippen molar-refractivity contribution in [1.82, 2.24) is 0 Å². The van der Waals surface area contributed by atoms with Crippen LogP contribution in [0.4, 0.5) is 5.69 Å². The average Bonchev–Trinajstić information content (AvgIpc) is 2.44. The molecule has 2 aromatic rings. The van der Waals surface area contributed by atoms with Gasteiger partial charge >= 0.3 is 0 Å². The smallest absolute Gasteiger partial charge is 0.177 e. The van der Waals surface area contributed by atoms with E-state index >= 15 is 0 Å². The molecule has 2 aromatic carbocycles. The molecule has 5 nitrogen and oxygen atoms in total. The Bertz CT molecular complexity index is 932. The molecule has 2 rings (SSSR count). The Balaban J connectivity index is 2.41. The minimum absolute atomic E-state index is 0.0145. The Morgan fingerprint density at radius 2 is 1.57 bits per heavy atom. The lowest BCUT2D eigenvalue weighted by atomic mass is 10.1. The number of sulfone groups is 2. The highest BCUT2D eigenvalue weighted by molar-refractivity contribution is 7.91. The van der Waals surface area contributed by atoms with Crippen molar-refractivity contribution < 1.29 is 16.8 Å². The van der Waals surface area contributed by atoms with Crippen LogP contribution in [0.25, 0.3) is 0 Å². The number of aryl methyl sites for hydroxylation is 1. The standard InChI is InChI=1S/C16H19NO4S2/c1-12-6-4-5-7-13(12)11-17-15-9-8-14(22(2,18)19)10-16(15)23(3,20)21/h4-10,17H,11H2,1-3H3. The van der Waals surface area contributed by atoms with Gasteiger partial charge in [-0.1, -0.05) is 24.3 Å². The third-order valence-electron chi connectivity index (χ3n) is 3.51. The Hall–Kier alpha value is -1.86. The van der Waals surface area contributed by atoms with Crippen molar-refractivity contribution in [2.75, 3.05) is 17.8 Å². The third-order valence-corrected chi connectivity index (χ3v) is 5.76. The van der Waals surface area contributed by atoms with Gasteiger partial charge in [0.1, 0.15) is 0 Å². The molecule has 0 saturated carbocycles. The van der Waals surface area contributed by atoms with Crippen LogP contribution >= 0.6 is 0 Å². The van der Waals surface area contributed by atoms with Crippen molar-refractivity contribution >= 4 is 25.4 Å². The zero-order chi connectivity index (χ0) is 17.3. The molecule has 0 unspecified atom stereocenters. The molecule has 0 atom stereocenters. The minimum Gasteiger partial charge on any atom is -0.380 e. The predicted octanol–water partition coefficient (Wildman–Crippen LogP) is 2.41. The third kappa shape index (κ3) is 4.33. The maximum absolute atomic E-state index is 12.0. The molecule has 0 amide bonds. The molecule has 0 spiro atoms. The molecule has 124 valence electrons. The van der Waals surface area contributed by atoms with Gasteiger partial charge in [-0.25, -0.2) is 16.8 Å². The molecule has 0 saturated heterocycles. The van der Waals surface area contributed by atoms with Crippen molar-refractivity contribution in [1.29, 1.82) is 0 Å². The highest BCUT2D eigenvalue weighted by Gasteiger charge is 2.17. The van der Waals surface area contributed by atoms with Gasteiger partial charge in [0.05, 0.1) is 15.5 Å². The van der Waals surface area contributed by atoms with Gasteiger partial charge in [-0.2, -0.15) is 0 Å². The van der Waals surface area contributed by atoms with Crippen molar-refractivity contribution in [3.05, 3.63) is 53.6 Å². The molecular formula is C16H19NO4S2. The van der Waals surface area contributed by atoms with E-state index in [0.717, 1.165) is 23.6 Å². The Morgan fingerprint density at radius 1 is 0.913 bits per heavy atom. The summed E-state index contributed by atoms with van der Waals surface area (Å²) in [5.74, 6) is 0. The van der Waals surface area contributed by atoms with E-state index in [0.29, 0.717) is 12.2 Å². The van der Waals surface area contributed by atoms with E-state index < -0.39 is 19.7 Å². The van der Waals surface area contributed by atoms with Gasteiger partial charge in [0.15, 0.2) is 19.7 Å². The molecule has 0 fully saturated rings. The van der Waals surface area contributed by atoms with E-state index in [2.05, 4.69) is 5.32 Å². The summed E-state index contributed by atoms with van der Waals surface area (Å²) in [7, 11) is -7.03. The first-order valence-corrected chi connectivity index (χ1v) is 10.7. The molecule has 0 aliphatic rings. The molecule has 7 heteroatoms. The molecule has 0 aliphatic heterocycles. The summed E-state index contributed by atoms with van der Waals surface area (Å²) in [6, 6.07) is 11.9. The van der Waals surface area contributed by atoms with Gasteiger partial charge in [0, 0.05) is 19.1 Å². The van der Waals surface area contributed by atoms with Gasteiger partial charge in [0.25, 0.3) is 0 Å². The van der Waals surface area contributed by atoms with Crippen LogP contribution in [0.2, 0.25) is 0 Å². The van der Waals surface area contributed by atoms with Crippen LogP contribution in [0, 0.1) is 6.92 Å². The van der Waals surface area contributed by atoms with Crippen molar-refractivity contribution in [2.24, 2.45) is 0 Å². The average molecular weight is 353 g/mol. The summed E-state index contributed by atoms with van der Waals surface area (Å²) in [4.78, 5) is -0.0339. The van der Waals surface area contributed by atoms with Gasteiger partial charge in [-0.3, -0.25) is 0 Å². The predicted molar refractivity (Wildman–Crippen MR) is 91.2 cm³/mol. The highest BCUT2D eigenvalue weighted by atomic mass is 32.2. The SMILES string of the molecule is Cc1ccccc1CNc1ccc(S(C)(=O)=O)cc1S(C)(=O)=O. The lowest BCUT2D eigenvalue weighted by Crippen LogP contribution is -2.09. The largest absolute Gasteiger partial charge is 0.380 e. The van der Waals surface area contributed by atoms with Crippen molar-refractivity contribution in [3.63, 3.8) is 0 Å².